The van der Waals surface area contributed by atoms with Gasteiger partial charge in [-0.3, -0.25) is 5.10 Å². The number of aromatic nitrogens is 5. The highest BCUT2D eigenvalue weighted by molar-refractivity contribution is 6.32. The summed E-state index contributed by atoms with van der Waals surface area (Å²) in [6.07, 6.45) is 2.45. The van der Waals surface area contributed by atoms with Crippen LogP contribution in [0.4, 0.5) is 17.6 Å². The SMILES string of the molecule is [B]c1cccc(-c2cc(CNc3nc(C)cc(Nc4cc(C5CC5)[nH]n4)n3)on2)c1. The number of aryl methyl sites for hydroxylation is 1. The van der Waals surface area contributed by atoms with E-state index in [0.717, 1.165) is 22.8 Å². The molecule has 3 heterocycles. The van der Waals surface area contributed by atoms with Crippen molar-refractivity contribution in [3.05, 3.63) is 59.6 Å². The van der Waals surface area contributed by atoms with E-state index in [1.54, 1.807) is 0 Å². The normalized spacial score (nSPS) is 13.4. The molecule has 3 N–H and O–H groups in total. The molecule has 0 atom stereocenters. The molecule has 0 unspecified atom stereocenters. The lowest BCUT2D eigenvalue weighted by Gasteiger charge is -2.07. The van der Waals surface area contributed by atoms with Gasteiger partial charge in [-0.15, -0.1) is 0 Å². The van der Waals surface area contributed by atoms with Crippen LogP contribution in [0.25, 0.3) is 11.3 Å². The molecule has 1 aromatic carbocycles. The Morgan fingerprint density at radius 2 is 2.03 bits per heavy atom. The maximum absolute atomic E-state index is 5.84. The molecular formula is C21H20BN7O. The third-order valence-electron chi connectivity index (χ3n) is 4.89. The first-order chi connectivity index (χ1) is 14.6. The third kappa shape index (κ3) is 4.19. The molecule has 1 fully saturated rings. The molecule has 0 bridgehead atoms. The van der Waals surface area contributed by atoms with E-state index in [4.69, 9.17) is 12.4 Å². The average molecular weight is 397 g/mol. The number of H-pyrrole nitrogens is 1. The molecule has 148 valence electrons. The lowest BCUT2D eigenvalue weighted by molar-refractivity contribution is 0.390. The van der Waals surface area contributed by atoms with Crippen LogP contribution in [0.2, 0.25) is 0 Å². The van der Waals surface area contributed by atoms with E-state index in [2.05, 4.69) is 36.0 Å². The van der Waals surface area contributed by atoms with E-state index in [9.17, 15) is 0 Å². The van der Waals surface area contributed by atoms with Gasteiger partial charge in [0.25, 0.3) is 0 Å². The smallest absolute Gasteiger partial charge is 0.225 e. The van der Waals surface area contributed by atoms with Crippen molar-refractivity contribution in [2.24, 2.45) is 0 Å². The maximum Gasteiger partial charge on any atom is 0.225 e. The van der Waals surface area contributed by atoms with Gasteiger partial charge in [-0.1, -0.05) is 34.9 Å². The summed E-state index contributed by atoms with van der Waals surface area (Å²) in [5.41, 5.74) is 4.34. The van der Waals surface area contributed by atoms with Crippen molar-refractivity contribution in [1.82, 2.24) is 25.3 Å². The lowest BCUT2D eigenvalue weighted by Crippen LogP contribution is -2.06. The molecule has 0 spiro atoms. The minimum atomic E-state index is 0.409. The first kappa shape index (κ1) is 18.4. The fourth-order valence-electron chi connectivity index (χ4n) is 3.24. The predicted octanol–water partition coefficient (Wildman–Crippen LogP) is 3.19. The molecule has 0 aliphatic heterocycles. The molecule has 1 aliphatic rings. The first-order valence-corrected chi connectivity index (χ1v) is 9.86. The lowest BCUT2D eigenvalue weighted by atomic mass is 9.94. The Bertz CT molecular complexity index is 1180. The highest BCUT2D eigenvalue weighted by Gasteiger charge is 2.25. The Labute approximate surface area is 174 Å². The second-order valence-corrected chi connectivity index (χ2v) is 7.48. The van der Waals surface area contributed by atoms with Crippen molar-refractivity contribution in [1.29, 1.82) is 0 Å². The fraction of sp³-hybridized carbons (Fsp3) is 0.238. The van der Waals surface area contributed by atoms with Crippen molar-refractivity contribution in [2.45, 2.75) is 32.2 Å². The number of hydrogen-bond donors (Lipinski definition) is 3. The molecular weight excluding hydrogens is 377 g/mol. The topological polar surface area (TPSA) is 105 Å². The maximum atomic E-state index is 5.84. The minimum absolute atomic E-state index is 0.409. The van der Waals surface area contributed by atoms with E-state index >= 15 is 0 Å². The van der Waals surface area contributed by atoms with Crippen molar-refractivity contribution in [3.8, 4) is 11.3 Å². The van der Waals surface area contributed by atoms with Gasteiger partial charge < -0.3 is 15.2 Å². The zero-order valence-corrected chi connectivity index (χ0v) is 16.5. The van der Waals surface area contributed by atoms with E-state index in [1.165, 1.54) is 18.5 Å². The number of benzene rings is 1. The number of anilines is 3. The molecule has 0 saturated heterocycles. The van der Waals surface area contributed by atoms with E-state index in [1.807, 2.05) is 49.4 Å². The standard InChI is InChI=1S/C21H20BN7O/c1-12-7-19(25-20-10-17(27-28-20)13-5-6-13)26-21(24-12)23-11-16-9-18(29-30-16)14-3-2-4-15(22)8-14/h2-4,7-10,13H,5-6,11H2,1H3,(H3,23,24,25,26,27,28). The second-order valence-electron chi connectivity index (χ2n) is 7.48. The fourth-order valence-corrected chi connectivity index (χ4v) is 3.24. The Morgan fingerprint density at radius 1 is 1.13 bits per heavy atom. The van der Waals surface area contributed by atoms with Crippen LogP contribution >= 0.6 is 0 Å². The molecule has 4 aromatic rings. The summed E-state index contributed by atoms with van der Waals surface area (Å²) in [5, 5.41) is 17.9. The van der Waals surface area contributed by atoms with Gasteiger partial charge in [0.2, 0.25) is 5.95 Å². The molecule has 3 aromatic heterocycles. The van der Waals surface area contributed by atoms with Gasteiger partial charge in [0.05, 0.1) is 6.54 Å². The molecule has 5 rings (SSSR count). The minimum Gasteiger partial charge on any atom is -0.359 e. The van der Waals surface area contributed by atoms with Crippen LogP contribution in [0, 0.1) is 6.92 Å². The molecule has 8 nitrogen and oxygen atoms in total. The second kappa shape index (κ2) is 7.66. The van der Waals surface area contributed by atoms with Gasteiger partial charge in [0.15, 0.2) is 11.6 Å². The predicted molar refractivity (Wildman–Crippen MR) is 115 cm³/mol. The van der Waals surface area contributed by atoms with Gasteiger partial charge in [-0.25, -0.2) is 4.98 Å². The van der Waals surface area contributed by atoms with Crippen molar-refractivity contribution < 1.29 is 4.52 Å². The monoisotopic (exact) mass is 397 g/mol. The van der Waals surface area contributed by atoms with Crippen LogP contribution in [0.1, 0.15) is 35.9 Å². The molecule has 0 amide bonds. The van der Waals surface area contributed by atoms with Crippen molar-refractivity contribution in [3.63, 3.8) is 0 Å². The number of rotatable bonds is 7. The first-order valence-electron chi connectivity index (χ1n) is 9.86. The molecule has 9 heteroatoms. The summed E-state index contributed by atoms with van der Waals surface area (Å²) in [6, 6.07) is 13.3. The van der Waals surface area contributed by atoms with Crippen LogP contribution in [0.3, 0.4) is 0 Å². The third-order valence-corrected chi connectivity index (χ3v) is 4.89. The Hall–Kier alpha value is -3.62. The van der Waals surface area contributed by atoms with Gasteiger partial charge in [-0.2, -0.15) is 10.1 Å². The Morgan fingerprint density at radius 3 is 2.87 bits per heavy atom. The van der Waals surface area contributed by atoms with Crippen LogP contribution < -0.4 is 16.1 Å². The quantitative estimate of drug-likeness (QED) is 0.412. The van der Waals surface area contributed by atoms with Crippen LogP contribution in [0.5, 0.6) is 0 Å². The molecule has 2 radical (unpaired) electrons. The van der Waals surface area contributed by atoms with Crippen molar-refractivity contribution in [2.75, 3.05) is 10.6 Å². The van der Waals surface area contributed by atoms with Gasteiger partial charge in [-0.05, 0) is 19.8 Å². The van der Waals surface area contributed by atoms with E-state index < -0.39 is 0 Å². The number of aromatic amines is 1. The highest BCUT2D eigenvalue weighted by atomic mass is 16.5. The van der Waals surface area contributed by atoms with Gasteiger partial charge in [0.1, 0.15) is 19.4 Å². The average Bonchev–Trinajstić information content (AvgIpc) is 3.28. The number of nitrogens with zero attached hydrogens (tertiary/aromatic N) is 4. The molecule has 1 saturated carbocycles. The van der Waals surface area contributed by atoms with Gasteiger partial charge >= 0.3 is 0 Å². The number of hydrogen-bond acceptors (Lipinski definition) is 7. The summed E-state index contributed by atoms with van der Waals surface area (Å²) in [5.74, 6) is 3.22. The number of nitrogens with one attached hydrogen (secondary N) is 3. The summed E-state index contributed by atoms with van der Waals surface area (Å²) in [7, 11) is 5.84. The van der Waals surface area contributed by atoms with Crippen LogP contribution in [-0.2, 0) is 6.54 Å². The van der Waals surface area contributed by atoms with E-state index in [0.29, 0.717) is 35.5 Å². The summed E-state index contributed by atoms with van der Waals surface area (Å²) < 4.78 is 5.43. The highest BCUT2D eigenvalue weighted by Crippen LogP contribution is 2.39. The zero-order chi connectivity index (χ0) is 20.5. The summed E-state index contributed by atoms with van der Waals surface area (Å²) in [4.78, 5) is 8.97. The Balaban J connectivity index is 1.26. The Kier molecular flexibility index (Phi) is 4.70. The van der Waals surface area contributed by atoms with E-state index in [-0.39, 0.29) is 0 Å². The largest absolute Gasteiger partial charge is 0.359 e. The molecule has 1 aliphatic carbocycles. The summed E-state index contributed by atoms with van der Waals surface area (Å²) >= 11 is 0. The van der Waals surface area contributed by atoms with Gasteiger partial charge in [0, 0.05) is 41.1 Å². The van der Waals surface area contributed by atoms with Crippen molar-refractivity contribution >= 4 is 30.9 Å². The van der Waals surface area contributed by atoms with Crippen LogP contribution in [-0.4, -0.2) is 33.2 Å². The zero-order valence-electron chi connectivity index (χ0n) is 16.5. The summed E-state index contributed by atoms with van der Waals surface area (Å²) in [6.45, 7) is 2.33. The van der Waals surface area contributed by atoms with Crippen LogP contribution in [0.15, 0.2) is 47.0 Å². The molecule has 30 heavy (non-hydrogen) atoms.